The number of amides is 1. The molecule has 0 bridgehead atoms. The van der Waals surface area contributed by atoms with Gasteiger partial charge in [0.2, 0.25) is 11.9 Å². The van der Waals surface area contributed by atoms with Crippen LogP contribution in [-0.2, 0) is 9.53 Å². The summed E-state index contributed by atoms with van der Waals surface area (Å²) in [7, 11) is 0. The molecule has 136 valence electrons. The molecule has 1 aromatic carbocycles. The van der Waals surface area contributed by atoms with Gasteiger partial charge in [0.05, 0.1) is 18.1 Å². The van der Waals surface area contributed by atoms with Gasteiger partial charge in [-0.25, -0.2) is 14.8 Å². The maximum atomic E-state index is 12.7. The normalized spacial score (nSPS) is 16.8. The van der Waals surface area contributed by atoms with Gasteiger partial charge in [0.1, 0.15) is 0 Å². The summed E-state index contributed by atoms with van der Waals surface area (Å²) in [6.07, 6.45) is 5.12. The van der Waals surface area contributed by atoms with E-state index in [1.54, 1.807) is 49.6 Å². The minimum Gasteiger partial charge on any atom is -0.462 e. The van der Waals surface area contributed by atoms with Crippen LogP contribution in [0.4, 0.5) is 11.6 Å². The fourth-order valence-corrected chi connectivity index (χ4v) is 3.01. The van der Waals surface area contributed by atoms with Crippen LogP contribution in [0.15, 0.2) is 42.7 Å². The number of benzene rings is 1. The summed E-state index contributed by atoms with van der Waals surface area (Å²) in [5.74, 6) is 0.0356. The van der Waals surface area contributed by atoms with E-state index >= 15 is 0 Å². The third kappa shape index (κ3) is 4.36. The van der Waals surface area contributed by atoms with Crippen molar-refractivity contribution in [2.45, 2.75) is 19.8 Å². The van der Waals surface area contributed by atoms with Gasteiger partial charge in [-0.3, -0.25) is 4.79 Å². The standard InChI is InChI=1S/C19H22N4O3/c1-2-26-18(25)14-6-3-8-16(12-14)22-17(24)15-7-4-11-23(13-15)19-20-9-5-10-21-19/h3,5-6,8-10,12,15H,2,4,7,11,13H2,1H3,(H,22,24). The van der Waals surface area contributed by atoms with Crippen LogP contribution in [0.3, 0.4) is 0 Å². The van der Waals surface area contributed by atoms with E-state index in [9.17, 15) is 9.59 Å². The molecule has 0 spiro atoms. The number of anilines is 2. The summed E-state index contributed by atoms with van der Waals surface area (Å²) in [5.41, 5.74) is 1.02. The second-order valence-corrected chi connectivity index (χ2v) is 6.12. The molecule has 7 heteroatoms. The number of nitrogens with zero attached hydrogens (tertiary/aromatic N) is 3. The summed E-state index contributed by atoms with van der Waals surface area (Å²) in [4.78, 5) is 35.0. The largest absolute Gasteiger partial charge is 0.462 e. The summed E-state index contributed by atoms with van der Waals surface area (Å²) >= 11 is 0. The molecule has 1 aliphatic rings. The molecule has 2 heterocycles. The van der Waals surface area contributed by atoms with Crippen LogP contribution < -0.4 is 10.2 Å². The average Bonchev–Trinajstić information content (AvgIpc) is 2.69. The van der Waals surface area contributed by atoms with Crippen LogP contribution in [0, 0.1) is 5.92 Å². The predicted molar refractivity (Wildman–Crippen MR) is 98.0 cm³/mol. The predicted octanol–water partition coefficient (Wildman–Crippen LogP) is 2.51. The van der Waals surface area contributed by atoms with Crippen molar-refractivity contribution >= 4 is 23.5 Å². The molecular formula is C19H22N4O3. The topological polar surface area (TPSA) is 84.4 Å². The lowest BCUT2D eigenvalue weighted by molar-refractivity contribution is -0.120. The number of rotatable bonds is 5. The lowest BCUT2D eigenvalue weighted by atomic mass is 9.97. The molecule has 1 unspecified atom stereocenters. The number of carbonyl (C=O) groups excluding carboxylic acids is 2. The van der Waals surface area contributed by atoms with Crippen molar-refractivity contribution in [3.8, 4) is 0 Å². The smallest absolute Gasteiger partial charge is 0.338 e. The zero-order chi connectivity index (χ0) is 18.4. The minimum absolute atomic E-state index is 0.0633. The summed E-state index contributed by atoms with van der Waals surface area (Å²) in [6, 6.07) is 8.57. The van der Waals surface area contributed by atoms with Crippen LogP contribution in [-0.4, -0.2) is 41.5 Å². The third-order valence-electron chi connectivity index (χ3n) is 4.27. The van der Waals surface area contributed by atoms with E-state index in [0.717, 1.165) is 19.4 Å². The van der Waals surface area contributed by atoms with Gasteiger partial charge in [-0.2, -0.15) is 0 Å². The van der Waals surface area contributed by atoms with Gasteiger partial charge < -0.3 is 15.0 Å². The van der Waals surface area contributed by atoms with Crippen molar-refractivity contribution in [1.82, 2.24) is 9.97 Å². The number of hydrogen-bond donors (Lipinski definition) is 1. The van der Waals surface area contributed by atoms with Crippen molar-refractivity contribution in [2.24, 2.45) is 5.92 Å². The average molecular weight is 354 g/mol. The number of carbonyl (C=O) groups is 2. The fourth-order valence-electron chi connectivity index (χ4n) is 3.01. The highest BCUT2D eigenvalue weighted by molar-refractivity contribution is 5.95. The maximum Gasteiger partial charge on any atom is 0.338 e. The van der Waals surface area contributed by atoms with Crippen LogP contribution in [0.5, 0.6) is 0 Å². The number of ether oxygens (including phenoxy) is 1. The van der Waals surface area contributed by atoms with Crippen molar-refractivity contribution in [3.05, 3.63) is 48.3 Å². The second-order valence-electron chi connectivity index (χ2n) is 6.12. The molecule has 0 saturated carbocycles. The Labute approximate surface area is 152 Å². The molecule has 1 aromatic heterocycles. The Hall–Kier alpha value is -2.96. The number of nitrogens with one attached hydrogen (secondary N) is 1. The minimum atomic E-state index is -0.395. The molecule has 0 radical (unpaired) electrons. The fraction of sp³-hybridized carbons (Fsp3) is 0.368. The SMILES string of the molecule is CCOC(=O)c1cccc(NC(=O)C2CCCN(c3ncccn3)C2)c1. The molecule has 3 rings (SSSR count). The van der Waals surface area contributed by atoms with Crippen LogP contribution in [0.1, 0.15) is 30.1 Å². The number of hydrogen-bond acceptors (Lipinski definition) is 6. The molecule has 26 heavy (non-hydrogen) atoms. The Morgan fingerprint density at radius 3 is 2.85 bits per heavy atom. The molecule has 1 saturated heterocycles. The summed E-state index contributed by atoms with van der Waals surface area (Å²) in [5, 5.41) is 2.91. The van der Waals surface area contributed by atoms with Gasteiger partial charge in [-0.15, -0.1) is 0 Å². The number of esters is 1. The second kappa shape index (κ2) is 8.42. The molecule has 1 aliphatic heterocycles. The van der Waals surface area contributed by atoms with Crippen molar-refractivity contribution in [3.63, 3.8) is 0 Å². The van der Waals surface area contributed by atoms with Gasteiger partial charge in [0.25, 0.3) is 0 Å². The van der Waals surface area contributed by atoms with E-state index in [-0.39, 0.29) is 11.8 Å². The highest BCUT2D eigenvalue weighted by atomic mass is 16.5. The molecule has 2 aromatic rings. The molecule has 1 fully saturated rings. The molecule has 1 N–H and O–H groups in total. The number of aromatic nitrogens is 2. The zero-order valence-electron chi connectivity index (χ0n) is 14.7. The maximum absolute atomic E-state index is 12.7. The quantitative estimate of drug-likeness (QED) is 0.831. The first-order chi connectivity index (χ1) is 12.7. The van der Waals surface area contributed by atoms with Crippen molar-refractivity contribution < 1.29 is 14.3 Å². The Balaban J connectivity index is 1.64. The highest BCUT2D eigenvalue weighted by Gasteiger charge is 2.27. The van der Waals surface area contributed by atoms with Gasteiger partial charge in [-0.05, 0) is 44.0 Å². The van der Waals surface area contributed by atoms with E-state index in [0.29, 0.717) is 30.4 Å². The first-order valence-corrected chi connectivity index (χ1v) is 8.77. The molecule has 1 amide bonds. The van der Waals surface area contributed by atoms with Crippen LogP contribution >= 0.6 is 0 Å². The van der Waals surface area contributed by atoms with E-state index in [1.165, 1.54) is 0 Å². The first kappa shape index (κ1) is 17.8. The van der Waals surface area contributed by atoms with Crippen LogP contribution in [0.2, 0.25) is 0 Å². The van der Waals surface area contributed by atoms with E-state index in [4.69, 9.17) is 4.74 Å². The Bertz CT molecular complexity index is 766. The molecule has 0 aliphatic carbocycles. The lowest BCUT2D eigenvalue weighted by Gasteiger charge is -2.31. The van der Waals surface area contributed by atoms with E-state index in [1.807, 2.05) is 4.90 Å². The lowest BCUT2D eigenvalue weighted by Crippen LogP contribution is -2.41. The molecular weight excluding hydrogens is 332 g/mol. The third-order valence-corrected chi connectivity index (χ3v) is 4.27. The Morgan fingerprint density at radius 2 is 2.08 bits per heavy atom. The molecule has 7 nitrogen and oxygen atoms in total. The Kier molecular flexibility index (Phi) is 5.78. The van der Waals surface area contributed by atoms with Gasteiger partial charge in [0, 0.05) is 31.2 Å². The monoisotopic (exact) mass is 354 g/mol. The Morgan fingerprint density at radius 1 is 1.27 bits per heavy atom. The van der Waals surface area contributed by atoms with Gasteiger partial charge in [-0.1, -0.05) is 6.07 Å². The van der Waals surface area contributed by atoms with Gasteiger partial charge in [0.15, 0.2) is 0 Å². The highest BCUT2D eigenvalue weighted by Crippen LogP contribution is 2.22. The summed E-state index contributed by atoms with van der Waals surface area (Å²) < 4.78 is 5.00. The molecule has 1 atom stereocenters. The number of piperidine rings is 1. The zero-order valence-corrected chi connectivity index (χ0v) is 14.7. The van der Waals surface area contributed by atoms with E-state index in [2.05, 4.69) is 15.3 Å². The van der Waals surface area contributed by atoms with Gasteiger partial charge >= 0.3 is 5.97 Å². The summed E-state index contributed by atoms with van der Waals surface area (Å²) in [6.45, 7) is 3.49. The van der Waals surface area contributed by atoms with E-state index < -0.39 is 5.97 Å². The van der Waals surface area contributed by atoms with Crippen LogP contribution in [0.25, 0.3) is 0 Å². The van der Waals surface area contributed by atoms with Crippen molar-refractivity contribution in [2.75, 3.05) is 29.9 Å². The van der Waals surface area contributed by atoms with Crippen molar-refractivity contribution in [1.29, 1.82) is 0 Å². The first-order valence-electron chi connectivity index (χ1n) is 8.77.